The quantitative estimate of drug-likeness (QED) is 0.244. The molecule has 0 saturated carbocycles. The molecule has 4 rings (SSSR count). The van der Waals surface area contributed by atoms with Gasteiger partial charge in [-0.3, -0.25) is 9.36 Å². The van der Waals surface area contributed by atoms with Crippen LogP contribution in [0.2, 0.25) is 0 Å². The van der Waals surface area contributed by atoms with Gasteiger partial charge in [0.1, 0.15) is 17.4 Å². The maximum atomic E-state index is 14.5. The molecule has 0 aliphatic carbocycles. The Morgan fingerprint density at radius 2 is 1.80 bits per heavy atom. The average Bonchev–Trinajstić information content (AvgIpc) is 2.73. The highest BCUT2D eigenvalue weighted by Gasteiger charge is 2.16. The lowest BCUT2D eigenvalue weighted by Crippen LogP contribution is -2.23. The number of halogens is 2. The number of aromatic nitrogens is 2. The van der Waals surface area contributed by atoms with Crippen molar-refractivity contribution in [1.82, 2.24) is 9.55 Å². The van der Waals surface area contributed by atoms with Crippen LogP contribution in [0.15, 0.2) is 76.7 Å². The topological polar surface area (TPSA) is 44.1 Å². The van der Waals surface area contributed by atoms with Crippen LogP contribution in [-0.4, -0.2) is 21.9 Å². The van der Waals surface area contributed by atoms with Crippen LogP contribution in [-0.2, 0) is 0 Å². The lowest BCUT2D eigenvalue weighted by molar-refractivity contribution is 0.341. The van der Waals surface area contributed by atoms with Crippen LogP contribution >= 0.6 is 11.8 Å². The Balaban J connectivity index is 1.67. The van der Waals surface area contributed by atoms with Crippen molar-refractivity contribution in [2.24, 2.45) is 0 Å². The maximum absolute atomic E-state index is 14.5. The van der Waals surface area contributed by atoms with Crippen LogP contribution in [0.3, 0.4) is 0 Å². The van der Waals surface area contributed by atoms with Crippen LogP contribution < -0.4 is 10.3 Å². The Labute approximate surface area is 176 Å². The average molecular weight is 424 g/mol. The predicted octanol–water partition coefficient (Wildman–Crippen LogP) is 5.14. The number of aryl methyl sites for hydroxylation is 1. The molecule has 4 nitrogen and oxygen atoms in total. The molecule has 0 atom stereocenters. The van der Waals surface area contributed by atoms with Crippen molar-refractivity contribution < 1.29 is 13.5 Å². The third-order valence-corrected chi connectivity index (χ3v) is 5.46. The summed E-state index contributed by atoms with van der Waals surface area (Å²) in [6, 6.07) is 17.7. The first kappa shape index (κ1) is 20.1. The number of hydrogen-bond donors (Lipinski definition) is 0. The Kier molecular flexibility index (Phi) is 5.81. The van der Waals surface area contributed by atoms with E-state index in [4.69, 9.17) is 4.74 Å². The summed E-state index contributed by atoms with van der Waals surface area (Å²) < 4.78 is 34.9. The van der Waals surface area contributed by atoms with E-state index in [2.05, 4.69) is 4.98 Å². The molecular formula is C23H18F2N2O2S. The number of nitrogens with zero attached hydrogens (tertiary/aromatic N) is 2. The van der Waals surface area contributed by atoms with Crippen molar-refractivity contribution in [2.75, 3.05) is 12.4 Å². The molecule has 30 heavy (non-hydrogen) atoms. The summed E-state index contributed by atoms with van der Waals surface area (Å²) in [7, 11) is 0. The van der Waals surface area contributed by atoms with Crippen molar-refractivity contribution in [3.05, 3.63) is 94.3 Å². The van der Waals surface area contributed by atoms with E-state index in [1.165, 1.54) is 22.4 Å². The zero-order valence-electron chi connectivity index (χ0n) is 16.1. The summed E-state index contributed by atoms with van der Waals surface area (Å²) >= 11 is 1.28. The first-order valence-corrected chi connectivity index (χ1v) is 10.3. The van der Waals surface area contributed by atoms with Gasteiger partial charge in [-0.2, -0.15) is 0 Å². The Morgan fingerprint density at radius 1 is 1.03 bits per heavy atom. The van der Waals surface area contributed by atoms with Gasteiger partial charge in [0, 0.05) is 11.8 Å². The molecule has 0 amide bonds. The third-order valence-electron chi connectivity index (χ3n) is 4.56. The minimum Gasteiger partial charge on any atom is -0.492 e. The number of benzene rings is 3. The summed E-state index contributed by atoms with van der Waals surface area (Å²) in [6.07, 6.45) is 0. The zero-order valence-corrected chi connectivity index (χ0v) is 17.0. The maximum Gasteiger partial charge on any atom is 0.266 e. The van der Waals surface area contributed by atoms with Crippen molar-refractivity contribution in [3.63, 3.8) is 0 Å². The van der Waals surface area contributed by atoms with E-state index in [9.17, 15) is 13.6 Å². The normalized spacial score (nSPS) is 11.0. The minimum absolute atomic E-state index is 0.0398. The molecule has 0 bridgehead atoms. The van der Waals surface area contributed by atoms with Crippen LogP contribution in [0, 0.1) is 18.6 Å². The highest BCUT2D eigenvalue weighted by molar-refractivity contribution is 7.99. The molecule has 1 aromatic heterocycles. The molecule has 0 aliphatic rings. The molecule has 0 aliphatic heterocycles. The molecule has 0 fully saturated rings. The lowest BCUT2D eigenvalue weighted by atomic mass is 10.2. The molecule has 7 heteroatoms. The molecule has 152 valence electrons. The number of rotatable bonds is 6. The van der Waals surface area contributed by atoms with E-state index in [0.29, 0.717) is 28.4 Å². The molecule has 0 unspecified atom stereocenters. The molecule has 0 N–H and O–H groups in total. The molecule has 4 aromatic rings. The fourth-order valence-electron chi connectivity index (χ4n) is 3.09. The predicted molar refractivity (Wildman–Crippen MR) is 115 cm³/mol. The van der Waals surface area contributed by atoms with Gasteiger partial charge in [-0.25, -0.2) is 13.8 Å². The van der Waals surface area contributed by atoms with Gasteiger partial charge in [-0.05, 0) is 42.8 Å². The molecule has 0 spiro atoms. The highest BCUT2D eigenvalue weighted by Crippen LogP contribution is 2.24. The fourth-order valence-corrected chi connectivity index (χ4v) is 3.91. The number of ether oxygens (including phenoxy) is 1. The summed E-state index contributed by atoms with van der Waals surface area (Å²) in [5.74, 6) is -0.264. The smallest absolute Gasteiger partial charge is 0.266 e. The fraction of sp³-hybridized carbons (Fsp3) is 0.130. The van der Waals surface area contributed by atoms with Gasteiger partial charge in [0.2, 0.25) is 0 Å². The third kappa shape index (κ3) is 4.07. The Hall–Kier alpha value is -3.19. The van der Waals surface area contributed by atoms with Crippen LogP contribution in [0.5, 0.6) is 5.75 Å². The Bertz CT molecular complexity index is 1270. The standard InChI is InChI=1S/C23H18F2N2O2S/c1-15-6-2-5-9-21(15)29-12-13-30-23-26-19-8-4-3-7-17(19)22(28)27(23)20-11-10-16(24)14-18(20)25/h2-11,14H,12-13H2,1H3. The lowest BCUT2D eigenvalue weighted by Gasteiger charge is -2.14. The van der Waals surface area contributed by atoms with Crippen molar-refractivity contribution >= 4 is 22.7 Å². The van der Waals surface area contributed by atoms with Crippen LogP contribution in [0.25, 0.3) is 16.6 Å². The minimum atomic E-state index is -0.827. The van der Waals surface area contributed by atoms with E-state index in [1.807, 2.05) is 31.2 Å². The van der Waals surface area contributed by atoms with E-state index in [0.717, 1.165) is 23.4 Å². The Morgan fingerprint density at radius 3 is 2.60 bits per heavy atom. The van der Waals surface area contributed by atoms with Gasteiger partial charge >= 0.3 is 0 Å². The van der Waals surface area contributed by atoms with Crippen LogP contribution in [0.4, 0.5) is 8.78 Å². The molecule has 1 heterocycles. The van der Waals surface area contributed by atoms with E-state index < -0.39 is 17.2 Å². The van der Waals surface area contributed by atoms with Gasteiger partial charge in [-0.15, -0.1) is 0 Å². The monoisotopic (exact) mass is 424 g/mol. The number of para-hydroxylation sites is 2. The van der Waals surface area contributed by atoms with Crippen molar-refractivity contribution in [3.8, 4) is 11.4 Å². The second-order valence-electron chi connectivity index (χ2n) is 6.61. The first-order valence-electron chi connectivity index (χ1n) is 9.33. The second kappa shape index (κ2) is 8.67. The van der Waals surface area contributed by atoms with Crippen LogP contribution in [0.1, 0.15) is 5.56 Å². The van der Waals surface area contributed by atoms with E-state index >= 15 is 0 Å². The van der Waals surface area contributed by atoms with Gasteiger partial charge in [0.15, 0.2) is 5.16 Å². The van der Waals surface area contributed by atoms with E-state index in [-0.39, 0.29) is 5.69 Å². The van der Waals surface area contributed by atoms with Gasteiger partial charge < -0.3 is 4.74 Å². The van der Waals surface area contributed by atoms with Crippen molar-refractivity contribution in [2.45, 2.75) is 12.1 Å². The SMILES string of the molecule is Cc1ccccc1OCCSc1nc2ccccc2c(=O)n1-c1ccc(F)cc1F. The molecule has 0 saturated heterocycles. The second-order valence-corrected chi connectivity index (χ2v) is 7.67. The van der Waals surface area contributed by atoms with Gasteiger partial charge in [0.25, 0.3) is 5.56 Å². The first-order chi connectivity index (χ1) is 14.5. The van der Waals surface area contributed by atoms with E-state index in [1.54, 1.807) is 24.3 Å². The number of thioether (sulfide) groups is 1. The van der Waals surface area contributed by atoms with Crippen molar-refractivity contribution in [1.29, 1.82) is 0 Å². The molecule has 3 aromatic carbocycles. The number of hydrogen-bond acceptors (Lipinski definition) is 4. The molecular weight excluding hydrogens is 406 g/mol. The van der Waals surface area contributed by atoms with Gasteiger partial charge in [-0.1, -0.05) is 42.1 Å². The zero-order chi connectivity index (χ0) is 21.1. The number of fused-ring (bicyclic) bond motifs is 1. The largest absolute Gasteiger partial charge is 0.492 e. The summed E-state index contributed by atoms with van der Waals surface area (Å²) in [6.45, 7) is 2.34. The highest BCUT2D eigenvalue weighted by atomic mass is 32.2. The molecule has 0 radical (unpaired) electrons. The summed E-state index contributed by atoms with van der Waals surface area (Å²) in [5.41, 5.74) is 1.09. The summed E-state index contributed by atoms with van der Waals surface area (Å²) in [4.78, 5) is 17.7. The van der Waals surface area contributed by atoms with Gasteiger partial charge in [0.05, 0.1) is 23.2 Å². The summed E-state index contributed by atoms with van der Waals surface area (Å²) in [5, 5.41) is 0.680.